The van der Waals surface area contributed by atoms with Crippen molar-refractivity contribution in [3.8, 4) is 0 Å². The quantitative estimate of drug-likeness (QED) is 0.699. The van der Waals surface area contributed by atoms with Crippen molar-refractivity contribution >= 4 is 5.91 Å². The molecule has 1 fully saturated rings. The van der Waals surface area contributed by atoms with Gasteiger partial charge >= 0.3 is 0 Å². The number of likely N-dealkylation sites (N-methyl/N-ethyl adjacent to an activating group) is 1. The molecule has 1 aromatic carbocycles. The van der Waals surface area contributed by atoms with Gasteiger partial charge in [-0.1, -0.05) is 12.1 Å². The largest absolute Gasteiger partial charge is 0.385 e. The summed E-state index contributed by atoms with van der Waals surface area (Å²) in [5, 5.41) is 15.1. The fourth-order valence-corrected chi connectivity index (χ4v) is 4.16. The fraction of sp³-hybridized carbons (Fsp3) is 0.429. The molecule has 2 aromatic rings. The number of nitrogens with zero attached hydrogens (tertiary/aromatic N) is 2. The summed E-state index contributed by atoms with van der Waals surface area (Å²) >= 11 is 0. The molecule has 3 atom stereocenters. The molecule has 150 valence electrons. The van der Waals surface area contributed by atoms with E-state index >= 15 is 0 Å². The molecule has 0 radical (unpaired) electrons. The van der Waals surface area contributed by atoms with Crippen LogP contribution in [0.15, 0.2) is 42.7 Å². The van der Waals surface area contributed by atoms with Gasteiger partial charge in [0.25, 0.3) is 0 Å². The highest BCUT2D eigenvalue weighted by atomic mass is 19.1. The SMILES string of the molecule is CN(C)CC(c1cncc(F)c1)[C@@H]1CNCC[C@@]1(O)c1cccc(C(N)=O)c1. The van der Waals surface area contributed by atoms with Crippen molar-refractivity contribution in [2.75, 3.05) is 33.7 Å². The van der Waals surface area contributed by atoms with Gasteiger partial charge in [-0.2, -0.15) is 0 Å². The second kappa shape index (κ2) is 8.34. The van der Waals surface area contributed by atoms with Gasteiger partial charge in [0.05, 0.1) is 11.8 Å². The van der Waals surface area contributed by atoms with E-state index in [4.69, 9.17) is 5.73 Å². The number of hydrogen-bond donors (Lipinski definition) is 3. The lowest BCUT2D eigenvalue weighted by Crippen LogP contribution is -2.52. The summed E-state index contributed by atoms with van der Waals surface area (Å²) < 4.78 is 13.9. The summed E-state index contributed by atoms with van der Waals surface area (Å²) in [6.07, 6.45) is 3.32. The highest BCUT2D eigenvalue weighted by Crippen LogP contribution is 2.43. The first-order valence-electron chi connectivity index (χ1n) is 9.40. The highest BCUT2D eigenvalue weighted by Gasteiger charge is 2.45. The standard InChI is InChI=1S/C21H27FN4O2/c1-26(2)13-18(15-9-17(22)11-25-10-15)19-12-24-7-6-21(19,28)16-5-3-4-14(8-16)20(23)27/h3-5,8-11,18-19,24,28H,6-7,12-13H2,1-2H3,(H2,23,27)/t18?,19-,21+/m0/s1. The molecular weight excluding hydrogens is 359 g/mol. The number of carbonyl (C=O) groups excluding carboxylic acids is 1. The molecule has 28 heavy (non-hydrogen) atoms. The van der Waals surface area contributed by atoms with Crippen molar-refractivity contribution in [3.63, 3.8) is 0 Å². The Labute approximate surface area is 164 Å². The minimum Gasteiger partial charge on any atom is -0.385 e. The number of nitrogens with one attached hydrogen (secondary N) is 1. The highest BCUT2D eigenvalue weighted by molar-refractivity contribution is 5.92. The van der Waals surface area contributed by atoms with Gasteiger partial charge < -0.3 is 21.1 Å². The monoisotopic (exact) mass is 386 g/mol. The second-order valence-corrected chi connectivity index (χ2v) is 7.74. The zero-order valence-corrected chi connectivity index (χ0v) is 16.2. The number of nitrogens with two attached hydrogens (primary N) is 1. The third-order valence-electron chi connectivity index (χ3n) is 5.51. The Morgan fingerprint density at radius 2 is 2.21 bits per heavy atom. The Hall–Kier alpha value is -2.35. The van der Waals surface area contributed by atoms with E-state index in [1.165, 1.54) is 12.3 Å². The molecule has 1 unspecified atom stereocenters. The van der Waals surface area contributed by atoms with Gasteiger partial charge in [-0.15, -0.1) is 0 Å². The van der Waals surface area contributed by atoms with E-state index in [1.807, 2.05) is 25.1 Å². The first-order valence-corrected chi connectivity index (χ1v) is 9.40. The Morgan fingerprint density at radius 1 is 1.43 bits per heavy atom. The van der Waals surface area contributed by atoms with Crippen LogP contribution in [0, 0.1) is 11.7 Å². The van der Waals surface area contributed by atoms with Gasteiger partial charge in [0, 0.05) is 36.7 Å². The summed E-state index contributed by atoms with van der Waals surface area (Å²) in [5.74, 6) is -1.33. The van der Waals surface area contributed by atoms with Crippen LogP contribution in [-0.4, -0.2) is 54.6 Å². The van der Waals surface area contributed by atoms with Crippen molar-refractivity contribution in [2.24, 2.45) is 11.7 Å². The number of carbonyl (C=O) groups is 1. The molecule has 1 aliphatic heterocycles. The van der Waals surface area contributed by atoms with Crippen LogP contribution in [-0.2, 0) is 5.60 Å². The molecule has 7 heteroatoms. The van der Waals surface area contributed by atoms with Crippen molar-refractivity contribution in [2.45, 2.75) is 17.9 Å². The summed E-state index contributed by atoms with van der Waals surface area (Å²) in [6.45, 7) is 1.82. The number of primary amides is 1. The molecule has 3 rings (SSSR count). The topological polar surface area (TPSA) is 91.5 Å². The van der Waals surface area contributed by atoms with E-state index in [1.54, 1.807) is 24.4 Å². The summed E-state index contributed by atoms with van der Waals surface area (Å²) in [6, 6.07) is 8.34. The first-order chi connectivity index (χ1) is 13.3. The van der Waals surface area contributed by atoms with Crippen LogP contribution >= 0.6 is 0 Å². The maximum atomic E-state index is 13.9. The fourth-order valence-electron chi connectivity index (χ4n) is 4.16. The van der Waals surface area contributed by atoms with E-state index in [-0.39, 0.29) is 11.8 Å². The van der Waals surface area contributed by atoms with Crippen LogP contribution in [0.25, 0.3) is 0 Å². The van der Waals surface area contributed by atoms with Crippen LogP contribution in [0.2, 0.25) is 0 Å². The molecule has 1 amide bonds. The predicted octanol–water partition coefficient (Wildman–Crippen LogP) is 1.46. The number of halogens is 1. The summed E-state index contributed by atoms with van der Waals surface area (Å²) in [5.41, 5.74) is 6.02. The predicted molar refractivity (Wildman–Crippen MR) is 105 cm³/mol. The number of rotatable bonds is 6. The van der Waals surface area contributed by atoms with Gasteiger partial charge in [-0.3, -0.25) is 9.78 Å². The maximum absolute atomic E-state index is 13.9. The minimum atomic E-state index is -1.18. The normalized spacial score (nSPS) is 23.5. The lowest BCUT2D eigenvalue weighted by Gasteiger charge is -2.45. The molecule has 1 aliphatic rings. The van der Waals surface area contributed by atoms with Crippen LogP contribution < -0.4 is 11.1 Å². The number of hydrogen-bond acceptors (Lipinski definition) is 5. The van der Waals surface area contributed by atoms with Crippen LogP contribution in [0.5, 0.6) is 0 Å². The van der Waals surface area contributed by atoms with E-state index in [0.29, 0.717) is 37.2 Å². The second-order valence-electron chi connectivity index (χ2n) is 7.74. The summed E-state index contributed by atoms with van der Waals surface area (Å²) in [7, 11) is 3.89. The number of amides is 1. The number of aliphatic hydroxyl groups is 1. The van der Waals surface area contributed by atoms with Crippen LogP contribution in [0.4, 0.5) is 4.39 Å². The molecule has 6 nitrogen and oxygen atoms in total. The Morgan fingerprint density at radius 3 is 2.89 bits per heavy atom. The molecule has 0 spiro atoms. The van der Waals surface area contributed by atoms with Gasteiger partial charge in [-0.25, -0.2) is 4.39 Å². The molecule has 0 bridgehead atoms. The first kappa shape index (κ1) is 20.4. The van der Waals surface area contributed by atoms with E-state index in [9.17, 15) is 14.3 Å². The zero-order valence-electron chi connectivity index (χ0n) is 16.2. The Bertz CT molecular complexity index is 845. The lowest BCUT2D eigenvalue weighted by atomic mass is 9.68. The average Bonchev–Trinajstić information content (AvgIpc) is 2.66. The summed E-state index contributed by atoms with van der Waals surface area (Å²) in [4.78, 5) is 17.7. The molecular formula is C21H27FN4O2. The van der Waals surface area contributed by atoms with Crippen molar-refractivity contribution in [3.05, 3.63) is 65.2 Å². The number of pyridine rings is 1. The molecule has 2 heterocycles. The van der Waals surface area contributed by atoms with Crippen molar-refractivity contribution in [1.29, 1.82) is 0 Å². The average molecular weight is 386 g/mol. The third-order valence-corrected chi connectivity index (χ3v) is 5.51. The molecule has 1 aromatic heterocycles. The van der Waals surface area contributed by atoms with Crippen molar-refractivity contribution < 1.29 is 14.3 Å². The maximum Gasteiger partial charge on any atom is 0.248 e. The van der Waals surface area contributed by atoms with Gasteiger partial charge in [0.1, 0.15) is 5.82 Å². The Balaban J connectivity index is 2.06. The van der Waals surface area contributed by atoms with E-state index in [0.717, 1.165) is 5.56 Å². The van der Waals surface area contributed by atoms with Gasteiger partial charge in [0.15, 0.2) is 0 Å². The molecule has 4 N–H and O–H groups in total. The van der Waals surface area contributed by atoms with Crippen molar-refractivity contribution in [1.82, 2.24) is 15.2 Å². The minimum absolute atomic E-state index is 0.159. The van der Waals surface area contributed by atoms with Gasteiger partial charge in [0.2, 0.25) is 5.91 Å². The van der Waals surface area contributed by atoms with E-state index in [2.05, 4.69) is 10.3 Å². The lowest BCUT2D eigenvalue weighted by molar-refractivity contribution is -0.0596. The number of benzene rings is 1. The number of aromatic nitrogens is 1. The van der Waals surface area contributed by atoms with E-state index < -0.39 is 17.3 Å². The Kier molecular flexibility index (Phi) is 6.07. The number of piperidine rings is 1. The smallest absolute Gasteiger partial charge is 0.248 e. The third kappa shape index (κ3) is 4.22. The van der Waals surface area contributed by atoms with Crippen LogP contribution in [0.1, 0.15) is 33.8 Å². The van der Waals surface area contributed by atoms with Crippen LogP contribution in [0.3, 0.4) is 0 Å². The van der Waals surface area contributed by atoms with Gasteiger partial charge in [-0.05, 0) is 56.4 Å². The molecule has 1 saturated heterocycles. The molecule has 0 aliphatic carbocycles. The molecule has 0 saturated carbocycles. The zero-order chi connectivity index (χ0) is 20.3.